The summed E-state index contributed by atoms with van der Waals surface area (Å²) in [7, 11) is 0. The number of H-pyrrole nitrogens is 1. The lowest BCUT2D eigenvalue weighted by Crippen LogP contribution is -2.39. The molecule has 36 heavy (non-hydrogen) atoms. The number of likely N-dealkylation sites (tertiary alicyclic amines) is 1. The Kier molecular flexibility index (Phi) is 6.62. The number of rotatable bonds is 6. The molecular weight excluding hydrogens is 485 g/mol. The average Bonchev–Trinajstić information content (AvgIpc) is 3.44. The van der Waals surface area contributed by atoms with Crippen LogP contribution in [0.15, 0.2) is 24.3 Å². The standard InChI is InChI=1S/C26H27F3N6S/c1-3-23-33-24(21-11-19(12-26(27,28)29)36-25(21)34-23)32-17-6-8-35(9-7-17)14-16-4-5-22-20(15(16)2)10-18(13-30)31-22/h4-5,10-11,17,31H,3,6-9,12,14H2,1-2H3,(H,32,33,34). The third-order valence-corrected chi connectivity index (χ3v) is 7.84. The first-order valence-corrected chi connectivity index (χ1v) is 12.9. The predicted octanol–water partition coefficient (Wildman–Crippen LogP) is 6.10. The van der Waals surface area contributed by atoms with Crippen LogP contribution in [0, 0.1) is 18.3 Å². The number of nitrogens with one attached hydrogen (secondary N) is 2. The van der Waals surface area contributed by atoms with Gasteiger partial charge in [0.15, 0.2) is 0 Å². The summed E-state index contributed by atoms with van der Waals surface area (Å²) in [5.41, 5.74) is 3.98. The minimum absolute atomic E-state index is 0.196. The highest BCUT2D eigenvalue weighted by Gasteiger charge is 2.29. The highest BCUT2D eigenvalue weighted by molar-refractivity contribution is 7.18. The monoisotopic (exact) mass is 512 g/mol. The van der Waals surface area contributed by atoms with Crippen molar-refractivity contribution in [2.24, 2.45) is 0 Å². The first-order chi connectivity index (χ1) is 17.2. The van der Waals surface area contributed by atoms with Crippen LogP contribution in [-0.2, 0) is 19.4 Å². The van der Waals surface area contributed by atoms with Crippen molar-refractivity contribution in [3.8, 4) is 6.07 Å². The molecule has 1 fully saturated rings. The van der Waals surface area contributed by atoms with Gasteiger partial charge in [-0.15, -0.1) is 11.3 Å². The largest absolute Gasteiger partial charge is 0.393 e. The number of aromatic amines is 1. The number of aryl methyl sites for hydroxylation is 2. The summed E-state index contributed by atoms with van der Waals surface area (Å²) >= 11 is 1.10. The van der Waals surface area contributed by atoms with Gasteiger partial charge in [0.1, 0.15) is 28.2 Å². The first-order valence-electron chi connectivity index (χ1n) is 12.1. The average molecular weight is 513 g/mol. The van der Waals surface area contributed by atoms with Crippen molar-refractivity contribution in [3.63, 3.8) is 0 Å². The number of piperidine rings is 1. The topological polar surface area (TPSA) is 80.6 Å². The Balaban J connectivity index is 1.27. The third-order valence-electron chi connectivity index (χ3n) is 6.81. The normalized spacial score (nSPS) is 15.6. The van der Waals surface area contributed by atoms with Crippen molar-refractivity contribution < 1.29 is 13.2 Å². The van der Waals surface area contributed by atoms with Crippen LogP contribution in [0.5, 0.6) is 0 Å². The van der Waals surface area contributed by atoms with Gasteiger partial charge in [0.25, 0.3) is 0 Å². The summed E-state index contributed by atoms with van der Waals surface area (Å²) in [6.07, 6.45) is -2.74. The van der Waals surface area contributed by atoms with Crippen molar-refractivity contribution in [3.05, 3.63) is 51.8 Å². The molecule has 10 heteroatoms. The highest BCUT2D eigenvalue weighted by Crippen LogP contribution is 2.34. The Bertz CT molecular complexity index is 1440. The molecule has 5 rings (SSSR count). The fourth-order valence-electron chi connectivity index (χ4n) is 4.86. The van der Waals surface area contributed by atoms with Crippen LogP contribution < -0.4 is 5.32 Å². The number of aromatic nitrogens is 3. The SMILES string of the molecule is CCc1nc(NC2CCN(Cc3ccc4[nH]c(C#N)cc4c3C)CC2)c2cc(CC(F)(F)F)sc2n1. The molecule has 188 valence electrons. The summed E-state index contributed by atoms with van der Waals surface area (Å²) in [4.78, 5) is 15.5. The van der Waals surface area contributed by atoms with Crippen LogP contribution in [-0.4, -0.2) is 45.2 Å². The molecule has 2 N–H and O–H groups in total. The third kappa shape index (κ3) is 5.18. The molecule has 1 saturated heterocycles. The molecule has 1 aromatic carbocycles. The quantitative estimate of drug-likeness (QED) is 0.327. The molecule has 4 aromatic rings. The Morgan fingerprint density at radius 3 is 2.67 bits per heavy atom. The molecule has 0 unspecified atom stereocenters. The maximum atomic E-state index is 12.9. The number of fused-ring (bicyclic) bond motifs is 2. The Morgan fingerprint density at radius 2 is 1.97 bits per heavy atom. The van der Waals surface area contributed by atoms with E-state index in [-0.39, 0.29) is 10.9 Å². The van der Waals surface area contributed by atoms with Crippen molar-refractivity contribution in [1.29, 1.82) is 5.26 Å². The summed E-state index contributed by atoms with van der Waals surface area (Å²) in [5, 5.41) is 14.4. The van der Waals surface area contributed by atoms with Crippen LogP contribution in [0.25, 0.3) is 21.1 Å². The minimum Gasteiger partial charge on any atom is -0.367 e. The van der Waals surface area contributed by atoms with Gasteiger partial charge in [0.2, 0.25) is 0 Å². The van der Waals surface area contributed by atoms with Gasteiger partial charge in [-0.1, -0.05) is 13.0 Å². The van der Waals surface area contributed by atoms with Crippen molar-refractivity contribution in [2.45, 2.75) is 58.3 Å². The van der Waals surface area contributed by atoms with E-state index in [1.54, 1.807) is 6.07 Å². The number of thiophene rings is 1. The van der Waals surface area contributed by atoms with Crippen molar-refractivity contribution in [2.75, 3.05) is 18.4 Å². The molecule has 0 bridgehead atoms. The van der Waals surface area contributed by atoms with Gasteiger partial charge in [-0.2, -0.15) is 18.4 Å². The van der Waals surface area contributed by atoms with E-state index < -0.39 is 12.6 Å². The number of hydrogen-bond donors (Lipinski definition) is 2. The van der Waals surface area contributed by atoms with Gasteiger partial charge in [0, 0.05) is 47.9 Å². The summed E-state index contributed by atoms with van der Waals surface area (Å²) in [6.45, 7) is 6.69. The summed E-state index contributed by atoms with van der Waals surface area (Å²) in [5.74, 6) is 1.28. The molecule has 0 atom stereocenters. The number of anilines is 1. The zero-order valence-corrected chi connectivity index (χ0v) is 21.0. The number of halogens is 3. The molecule has 1 aliphatic heterocycles. The zero-order chi connectivity index (χ0) is 25.4. The van der Waals surface area contributed by atoms with Crippen molar-refractivity contribution in [1.82, 2.24) is 19.9 Å². The lowest BCUT2D eigenvalue weighted by molar-refractivity contribution is -0.126. The van der Waals surface area contributed by atoms with Crippen molar-refractivity contribution >= 4 is 38.3 Å². The molecule has 0 aliphatic carbocycles. The first kappa shape index (κ1) is 24.5. The van der Waals surface area contributed by atoms with E-state index in [2.05, 4.69) is 44.2 Å². The number of benzene rings is 1. The molecule has 3 aromatic heterocycles. The van der Waals surface area contributed by atoms with Crippen LogP contribution in [0.3, 0.4) is 0 Å². The predicted molar refractivity (Wildman–Crippen MR) is 136 cm³/mol. The van der Waals surface area contributed by atoms with Gasteiger partial charge in [-0.25, -0.2) is 9.97 Å². The van der Waals surface area contributed by atoms with E-state index >= 15 is 0 Å². The van der Waals surface area contributed by atoms with E-state index in [0.29, 0.717) is 34.0 Å². The maximum absolute atomic E-state index is 12.9. The number of nitriles is 1. The van der Waals surface area contributed by atoms with Gasteiger partial charge in [-0.05, 0) is 49.1 Å². The van der Waals surface area contributed by atoms with Crippen LogP contribution >= 0.6 is 11.3 Å². The minimum atomic E-state index is -4.25. The van der Waals surface area contributed by atoms with E-state index in [0.717, 1.165) is 54.7 Å². The van der Waals surface area contributed by atoms with Gasteiger partial charge in [-0.3, -0.25) is 4.90 Å². The lowest BCUT2D eigenvalue weighted by Gasteiger charge is -2.33. The zero-order valence-electron chi connectivity index (χ0n) is 20.2. The van der Waals surface area contributed by atoms with E-state index in [4.69, 9.17) is 0 Å². The Morgan fingerprint density at radius 1 is 1.19 bits per heavy atom. The van der Waals surface area contributed by atoms with Gasteiger partial charge < -0.3 is 10.3 Å². The molecular formula is C26H27F3N6S. The van der Waals surface area contributed by atoms with Gasteiger partial charge in [0.05, 0.1) is 11.8 Å². The van der Waals surface area contributed by atoms with E-state index in [9.17, 15) is 18.4 Å². The molecule has 0 radical (unpaired) electrons. The number of nitrogens with zero attached hydrogens (tertiary/aromatic N) is 4. The smallest absolute Gasteiger partial charge is 0.367 e. The van der Waals surface area contributed by atoms with E-state index in [1.165, 1.54) is 11.1 Å². The molecule has 0 amide bonds. The Labute approximate surface area is 211 Å². The fraction of sp³-hybridized carbons (Fsp3) is 0.423. The van der Waals surface area contributed by atoms with E-state index in [1.807, 2.05) is 19.1 Å². The second-order valence-electron chi connectivity index (χ2n) is 9.37. The second kappa shape index (κ2) is 9.71. The highest BCUT2D eigenvalue weighted by atomic mass is 32.1. The molecule has 4 heterocycles. The molecule has 1 aliphatic rings. The second-order valence-corrected chi connectivity index (χ2v) is 10.5. The molecule has 0 saturated carbocycles. The maximum Gasteiger partial charge on any atom is 0.393 e. The van der Waals surface area contributed by atoms with Crippen LogP contribution in [0.2, 0.25) is 0 Å². The summed E-state index contributed by atoms with van der Waals surface area (Å²) < 4.78 is 38.8. The number of hydrogen-bond acceptors (Lipinski definition) is 6. The van der Waals surface area contributed by atoms with Gasteiger partial charge >= 0.3 is 6.18 Å². The summed E-state index contributed by atoms with van der Waals surface area (Å²) in [6, 6.07) is 10.0. The van der Waals surface area contributed by atoms with Crippen LogP contribution in [0.1, 0.15) is 47.3 Å². The number of alkyl halides is 3. The fourth-order valence-corrected chi connectivity index (χ4v) is 5.94. The Hall–Kier alpha value is -3.16. The molecule has 0 spiro atoms. The molecule has 6 nitrogen and oxygen atoms in total. The van der Waals surface area contributed by atoms with Crippen LogP contribution in [0.4, 0.5) is 19.0 Å². The lowest BCUT2D eigenvalue weighted by atomic mass is 10.0.